The van der Waals surface area contributed by atoms with Gasteiger partial charge in [0.25, 0.3) is 0 Å². The molecule has 2 N–H and O–H groups in total. The highest BCUT2D eigenvalue weighted by molar-refractivity contribution is 6.33. The number of nitrogens with two attached hydrogens (primary N) is 1. The summed E-state index contributed by atoms with van der Waals surface area (Å²) in [4.78, 5) is 2.12. The van der Waals surface area contributed by atoms with E-state index >= 15 is 0 Å². The third kappa shape index (κ3) is 3.52. The fourth-order valence-corrected chi connectivity index (χ4v) is 2.94. The average Bonchev–Trinajstić information content (AvgIpc) is 2.46. The van der Waals surface area contributed by atoms with E-state index in [0.717, 1.165) is 21.8 Å². The molecular formula is C17H20Cl2N2. The van der Waals surface area contributed by atoms with Gasteiger partial charge in [0, 0.05) is 18.1 Å². The van der Waals surface area contributed by atoms with Crippen LogP contribution in [0.5, 0.6) is 0 Å². The van der Waals surface area contributed by atoms with Crippen LogP contribution in [0.25, 0.3) is 0 Å². The summed E-state index contributed by atoms with van der Waals surface area (Å²) < 4.78 is 0. The monoisotopic (exact) mass is 322 g/mol. The molecule has 0 aromatic heterocycles. The smallest absolute Gasteiger partial charge is 0.0642 e. The van der Waals surface area contributed by atoms with Gasteiger partial charge in [-0.15, -0.1) is 0 Å². The second-order valence-electron chi connectivity index (χ2n) is 5.31. The van der Waals surface area contributed by atoms with Crippen LogP contribution in [0.2, 0.25) is 10.0 Å². The van der Waals surface area contributed by atoms with Crippen molar-refractivity contribution in [3.05, 3.63) is 63.6 Å². The van der Waals surface area contributed by atoms with Gasteiger partial charge in [0.1, 0.15) is 0 Å². The Hall–Kier alpha value is -1.22. The van der Waals surface area contributed by atoms with Gasteiger partial charge in [-0.3, -0.25) is 0 Å². The summed E-state index contributed by atoms with van der Waals surface area (Å²) in [6, 6.07) is 13.9. The molecule has 0 radical (unpaired) electrons. The number of nitrogens with zero attached hydrogens (tertiary/aromatic N) is 1. The molecule has 2 aromatic rings. The molecule has 0 amide bonds. The lowest BCUT2D eigenvalue weighted by atomic mass is 10.0. The first kappa shape index (κ1) is 16.2. The minimum atomic E-state index is -0.0251. The van der Waals surface area contributed by atoms with Crippen molar-refractivity contribution in [3.63, 3.8) is 0 Å². The van der Waals surface area contributed by atoms with E-state index < -0.39 is 0 Å². The molecule has 2 atom stereocenters. The number of anilines is 1. The second-order valence-corrected chi connectivity index (χ2v) is 6.12. The number of hydrogen-bond acceptors (Lipinski definition) is 2. The maximum Gasteiger partial charge on any atom is 0.0642 e. The van der Waals surface area contributed by atoms with Crippen LogP contribution in [0.3, 0.4) is 0 Å². The van der Waals surface area contributed by atoms with Crippen molar-refractivity contribution in [2.75, 3.05) is 11.9 Å². The van der Waals surface area contributed by atoms with Gasteiger partial charge in [-0.1, -0.05) is 47.5 Å². The Morgan fingerprint density at radius 3 is 2.24 bits per heavy atom. The molecular weight excluding hydrogens is 303 g/mol. The summed E-state index contributed by atoms with van der Waals surface area (Å²) in [6.07, 6.45) is 0. The predicted octanol–water partition coefficient (Wildman–Crippen LogP) is 5.21. The number of rotatable bonds is 4. The zero-order valence-electron chi connectivity index (χ0n) is 12.5. The molecule has 112 valence electrons. The Morgan fingerprint density at radius 1 is 1.00 bits per heavy atom. The predicted molar refractivity (Wildman–Crippen MR) is 92.3 cm³/mol. The van der Waals surface area contributed by atoms with E-state index in [2.05, 4.69) is 11.8 Å². The van der Waals surface area contributed by atoms with Crippen molar-refractivity contribution in [3.8, 4) is 0 Å². The summed E-state index contributed by atoms with van der Waals surface area (Å²) in [7, 11) is 2.01. The molecule has 2 aromatic carbocycles. The van der Waals surface area contributed by atoms with E-state index in [9.17, 15) is 0 Å². The number of hydrogen-bond donors (Lipinski definition) is 1. The van der Waals surface area contributed by atoms with E-state index in [1.54, 1.807) is 0 Å². The largest absolute Gasteiger partial charge is 0.367 e. The van der Waals surface area contributed by atoms with E-state index in [0.29, 0.717) is 5.02 Å². The van der Waals surface area contributed by atoms with Crippen LogP contribution in [0.4, 0.5) is 5.69 Å². The van der Waals surface area contributed by atoms with Crippen molar-refractivity contribution >= 4 is 28.9 Å². The van der Waals surface area contributed by atoms with Gasteiger partial charge in [0.05, 0.1) is 16.8 Å². The van der Waals surface area contributed by atoms with Crippen molar-refractivity contribution in [2.45, 2.75) is 25.9 Å². The minimum Gasteiger partial charge on any atom is -0.367 e. The molecule has 0 aliphatic rings. The van der Waals surface area contributed by atoms with Gasteiger partial charge < -0.3 is 10.6 Å². The first-order valence-corrected chi connectivity index (χ1v) is 7.69. The van der Waals surface area contributed by atoms with Crippen LogP contribution in [-0.2, 0) is 0 Å². The van der Waals surface area contributed by atoms with Gasteiger partial charge >= 0.3 is 0 Å². The van der Waals surface area contributed by atoms with Crippen LogP contribution < -0.4 is 10.6 Å². The fourth-order valence-electron chi connectivity index (χ4n) is 2.32. The number of halogens is 2. The quantitative estimate of drug-likeness (QED) is 0.837. The lowest BCUT2D eigenvalue weighted by Crippen LogP contribution is -2.22. The summed E-state index contributed by atoms with van der Waals surface area (Å²) >= 11 is 12.7. The highest BCUT2D eigenvalue weighted by Crippen LogP contribution is 2.34. The molecule has 0 aliphatic carbocycles. The van der Waals surface area contributed by atoms with Gasteiger partial charge in [-0.2, -0.15) is 0 Å². The summed E-state index contributed by atoms with van der Waals surface area (Å²) in [6.45, 7) is 4.05. The molecule has 0 fully saturated rings. The van der Waals surface area contributed by atoms with Crippen LogP contribution >= 0.6 is 23.2 Å². The molecule has 0 heterocycles. The van der Waals surface area contributed by atoms with Gasteiger partial charge in [-0.05, 0) is 43.2 Å². The lowest BCUT2D eigenvalue weighted by Gasteiger charge is -2.29. The Bertz CT molecular complexity index is 626. The van der Waals surface area contributed by atoms with E-state index in [1.165, 1.54) is 0 Å². The molecule has 0 spiro atoms. The highest BCUT2D eigenvalue weighted by atomic mass is 35.5. The van der Waals surface area contributed by atoms with E-state index in [4.69, 9.17) is 28.9 Å². The van der Waals surface area contributed by atoms with Gasteiger partial charge in [0.15, 0.2) is 0 Å². The third-order valence-corrected chi connectivity index (χ3v) is 4.46. The molecule has 0 saturated carbocycles. The first-order valence-electron chi connectivity index (χ1n) is 6.94. The SMILES string of the molecule is CC(c1ccccc1Cl)N(C)c1ccc([C@@H](C)N)cc1Cl. The fraction of sp³-hybridized carbons (Fsp3) is 0.294. The van der Waals surface area contributed by atoms with Crippen LogP contribution in [-0.4, -0.2) is 7.05 Å². The van der Waals surface area contributed by atoms with Gasteiger partial charge in [0.2, 0.25) is 0 Å². The molecule has 21 heavy (non-hydrogen) atoms. The highest BCUT2D eigenvalue weighted by Gasteiger charge is 2.17. The Balaban J connectivity index is 2.32. The van der Waals surface area contributed by atoms with Crippen LogP contribution in [0.1, 0.15) is 37.1 Å². The molecule has 0 aliphatic heterocycles. The molecule has 0 bridgehead atoms. The Labute approximate surface area is 136 Å². The normalized spacial score (nSPS) is 13.8. The standard InChI is InChI=1S/C17H20Cl2N2/c1-11(20)13-8-9-17(16(19)10-13)21(3)12(2)14-6-4-5-7-15(14)18/h4-12H,20H2,1-3H3/t11-,12?/m1/s1. The minimum absolute atomic E-state index is 0.0251. The molecule has 2 nitrogen and oxygen atoms in total. The molecule has 0 saturated heterocycles. The maximum absolute atomic E-state index is 6.41. The second kappa shape index (κ2) is 6.69. The van der Waals surface area contributed by atoms with Crippen LogP contribution in [0.15, 0.2) is 42.5 Å². The van der Waals surface area contributed by atoms with Crippen molar-refractivity contribution in [2.24, 2.45) is 5.73 Å². The number of benzene rings is 2. The van der Waals surface area contributed by atoms with Crippen molar-refractivity contribution in [1.29, 1.82) is 0 Å². The van der Waals surface area contributed by atoms with Gasteiger partial charge in [-0.25, -0.2) is 0 Å². The van der Waals surface area contributed by atoms with E-state index in [1.807, 2.05) is 56.4 Å². The third-order valence-electron chi connectivity index (χ3n) is 3.81. The zero-order valence-corrected chi connectivity index (χ0v) is 14.0. The zero-order chi connectivity index (χ0) is 15.6. The summed E-state index contributed by atoms with van der Waals surface area (Å²) in [5, 5.41) is 1.46. The summed E-state index contributed by atoms with van der Waals surface area (Å²) in [5.74, 6) is 0. The van der Waals surface area contributed by atoms with Crippen LogP contribution in [0, 0.1) is 0 Å². The first-order chi connectivity index (χ1) is 9.91. The van der Waals surface area contributed by atoms with E-state index in [-0.39, 0.29) is 12.1 Å². The Kier molecular flexibility index (Phi) is 5.15. The molecule has 1 unspecified atom stereocenters. The average molecular weight is 323 g/mol. The Morgan fingerprint density at radius 2 is 1.67 bits per heavy atom. The molecule has 4 heteroatoms. The maximum atomic E-state index is 6.41. The van der Waals surface area contributed by atoms with Crippen molar-refractivity contribution in [1.82, 2.24) is 0 Å². The lowest BCUT2D eigenvalue weighted by molar-refractivity contribution is 0.739. The van der Waals surface area contributed by atoms with Crippen molar-refractivity contribution < 1.29 is 0 Å². The molecule has 2 rings (SSSR count). The topological polar surface area (TPSA) is 29.3 Å². The summed E-state index contributed by atoms with van der Waals surface area (Å²) in [5.41, 5.74) is 8.96.